The molecule has 2 saturated carbocycles. The number of amides is 2. The molecule has 1 atom stereocenters. The number of likely N-dealkylation sites (tertiary alicyclic amines) is 1. The second-order valence-electron chi connectivity index (χ2n) is 5.54. The molecule has 16 heavy (non-hydrogen) atoms. The number of piperidine rings is 1. The van der Waals surface area contributed by atoms with Crippen LogP contribution in [0.4, 0.5) is 0 Å². The normalized spacial score (nSPS) is 31.2. The van der Waals surface area contributed by atoms with Gasteiger partial charge in [-0.3, -0.25) is 9.59 Å². The maximum Gasteiger partial charge on any atom is 0.223 e. The lowest BCUT2D eigenvalue weighted by Crippen LogP contribution is -2.38. The summed E-state index contributed by atoms with van der Waals surface area (Å²) in [5, 5.41) is 3.16. The van der Waals surface area contributed by atoms with Crippen LogP contribution < -0.4 is 5.32 Å². The fourth-order valence-electron chi connectivity index (χ4n) is 2.81. The molecule has 2 aliphatic carbocycles. The molecular weight excluding hydrogens is 204 g/mol. The van der Waals surface area contributed by atoms with Gasteiger partial charge in [0.05, 0.1) is 0 Å². The van der Waals surface area contributed by atoms with Gasteiger partial charge in [-0.05, 0) is 37.5 Å². The molecule has 3 fully saturated rings. The fourth-order valence-corrected chi connectivity index (χ4v) is 2.81. The van der Waals surface area contributed by atoms with E-state index in [0.29, 0.717) is 17.4 Å². The average molecular weight is 222 g/mol. The molecule has 1 spiro atoms. The Balaban J connectivity index is 1.50. The van der Waals surface area contributed by atoms with Crippen molar-refractivity contribution in [1.29, 1.82) is 0 Å². The number of carbonyl (C=O) groups is 2. The molecule has 4 nitrogen and oxygen atoms in total. The Hall–Kier alpha value is -1.06. The first-order valence-corrected chi connectivity index (χ1v) is 6.23. The first kappa shape index (κ1) is 10.1. The van der Waals surface area contributed by atoms with E-state index in [4.69, 9.17) is 0 Å². The number of hydrogen-bond donors (Lipinski definition) is 1. The molecule has 3 aliphatic rings. The van der Waals surface area contributed by atoms with Gasteiger partial charge in [-0.25, -0.2) is 0 Å². The van der Waals surface area contributed by atoms with E-state index in [0.717, 1.165) is 51.6 Å². The molecule has 4 heteroatoms. The number of nitrogens with zero attached hydrogens (tertiary/aromatic N) is 1. The molecule has 0 bridgehead atoms. The van der Waals surface area contributed by atoms with E-state index < -0.39 is 0 Å². The van der Waals surface area contributed by atoms with E-state index in [-0.39, 0.29) is 5.91 Å². The number of carbonyl (C=O) groups excluding carboxylic acids is 2. The minimum absolute atomic E-state index is 0.264. The lowest BCUT2D eigenvalue weighted by atomic mass is 9.93. The van der Waals surface area contributed by atoms with Gasteiger partial charge in [0.2, 0.25) is 12.3 Å². The number of rotatable bonds is 3. The van der Waals surface area contributed by atoms with Crippen LogP contribution in [0.25, 0.3) is 0 Å². The van der Waals surface area contributed by atoms with Crippen molar-refractivity contribution >= 4 is 12.3 Å². The summed E-state index contributed by atoms with van der Waals surface area (Å²) in [6, 6.07) is 0.398. The smallest absolute Gasteiger partial charge is 0.223 e. The summed E-state index contributed by atoms with van der Waals surface area (Å²) < 4.78 is 0. The molecule has 1 aliphatic heterocycles. The number of nitrogens with one attached hydrogen (secondary N) is 1. The van der Waals surface area contributed by atoms with Crippen LogP contribution in [0.15, 0.2) is 0 Å². The van der Waals surface area contributed by atoms with Gasteiger partial charge in [0, 0.05) is 25.0 Å². The highest BCUT2D eigenvalue weighted by Crippen LogP contribution is 2.54. The molecule has 1 saturated heterocycles. The summed E-state index contributed by atoms with van der Waals surface area (Å²) in [7, 11) is 0. The summed E-state index contributed by atoms with van der Waals surface area (Å²) in [6.07, 6.45) is 6.32. The van der Waals surface area contributed by atoms with E-state index in [1.807, 2.05) is 4.90 Å². The topological polar surface area (TPSA) is 49.4 Å². The van der Waals surface area contributed by atoms with E-state index in [9.17, 15) is 9.59 Å². The summed E-state index contributed by atoms with van der Waals surface area (Å²) >= 11 is 0. The maximum atomic E-state index is 11.6. The van der Waals surface area contributed by atoms with E-state index >= 15 is 0 Å². The Kier molecular flexibility index (Phi) is 2.19. The maximum absolute atomic E-state index is 11.6. The molecule has 0 radical (unpaired) electrons. The highest BCUT2D eigenvalue weighted by atomic mass is 16.2. The van der Waals surface area contributed by atoms with Crippen LogP contribution in [0.1, 0.15) is 32.1 Å². The lowest BCUT2D eigenvalue weighted by molar-refractivity contribution is -0.123. The quantitative estimate of drug-likeness (QED) is 0.708. The van der Waals surface area contributed by atoms with Crippen molar-refractivity contribution in [1.82, 2.24) is 10.2 Å². The van der Waals surface area contributed by atoms with Crippen LogP contribution in [0, 0.1) is 11.3 Å². The zero-order valence-corrected chi connectivity index (χ0v) is 9.45. The summed E-state index contributed by atoms with van der Waals surface area (Å²) in [5.74, 6) is 0.576. The van der Waals surface area contributed by atoms with Crippen LogP contribution in [0.5, 0.6) is 0 Å². The Morgan fingerprint density at radius 3 is 2.56 bits per heavy atom. The van der Waals surface area contributed by atoms with E-state index in [1.54, 1.807) is 0 Å². The van der Waals surface area contributed by atoms with Crippen molar-refractivity contribution in [2.45, 2.75) is 38.1 Å². The molecule has 3 rings (SSSR count). The molecule has 0 aromatic heterocycles. The third-order valence-electron chi connectivity index (χ3n) is 4.40. The molecule has 88 valence electrons. The van der Waals surface area contributed by atoms with Crippen LogP contribution in [-0.4, -0.2) is 36.3 Å². The van der Waals surface area contributed by atoms with Gasteiger partial charge < -0.3 is 10.2 Å². The minimum Gasteiger partial charge on any atom is -0.353 e. The second kappa shape index (κ2) is 3.47. The Bertz CT molecular complexity index is 317. The average Bonchev–Trinajstić information content (AvgIpc) is 3.17. The predicted molar refractivity (Wildman–Crippen MR) is 58.6 cm³/mol. The number of hydrogen-bond acceptors (Lipinski definition) is 2. The zero-order valence-electron chi connectivity index (χ0n) is 9.45. The van der Waals surface area contributed by atoms with Gasteiger partial charge in [-0.2, -0.15) is 0 Å². The van der Waals surface area contributed by atoms with Crippen LogP contribution in [0.2, 0.25) is 0 Å². The van der Waals surface area contributed by atoms with E-state index in [1.165, 1.54) is 0 Å². The summed E-state index contributed by atoms with van der Waals surface area (Å²) in [5.41, 5.74) is 0.337. The SMILES string of the molecule is O=CN1CCC2(CC1)C[C@@H]2NC(=O)C1CC1. The largest absolute Gasteiger partial charge is 0.353 e. The van der Waals surface area contributed by atoms with Crippen LogP contribution in [0.3, 0.4) is 0 Å². The lowest BCUT2D eigenvalue weighted by Gasteiger charge is -2.30. The highest BCUT2D eigenvalue weighted by Gasteiger charge is 2.56. The molecule has 0 aromatic carbocycles. The van der Waals surface area contributed by atoms with Crippen LogP contribution in [-0.2, 0) is 9.59 Å². The predicted octanol–water partition coefficient (Wildman–Crippen LogP) is 0.523. The molecule has 2 amide bonds. The Morgan fingerprint density at radius 1 is 1.31 bits per heavy atom. The van der Waals surface area contributed by atoms with Gasteiger partial charge in [0.15, 0.2) is 0 Å². The minimum atomic E-state index is 0.264. The monoisotopic (exact) mass is 222 g/mol. The van der Waals surface area contributed by atoms with Gasteiger partial charge in [0.1, 0.15) is 0 Å². The Labute approximate surface area is 95.4 Å². The second-order valence-corrected chi connectivity index (χ2v) is 5.54. The van der Waals surface area contributed by atoms with Gasteiger partial charge in [-0.1, -0.05) is 0 Å². The fraction of sp³-hybridized carbons (Fsp3) is 0.833. The van der Waals surface area contributed by atoms with Crippen molar-refractivity contribution in [3.63, 3.8) is 0 Å². The molecule has 1 heterocycles. The van der Waals surface area contributed by atoms with Gasteiger partial charge >= 0.3 is 0 Å². The third-order valence-corrected chi connectivity index (χ3v) is 4.40. The third kappa shape index (κ3) is 1.70. The van der Waals surface area contributed by atoms with E-state index in [2.05, 4.69) is 5.32 Å². The molecule has 0 aromatic rings. The van der Waals surface area contributed by atoms with Crippen molar-refractivity contribution in [2.75, 3.05) is 13.1 Å². The first-order chi connectivity index (χ1) is 7.73. The van der Waals surface area contributed by atoms with Gasteiger partial charge in [0.25, 0.3) is 0 Å². The van der Waals surface area contributed by atoms with Gasteiger partial charge in [-0.15, -0.1) is 0 Å². The highest BCUT2D eigenvalue weighted by molar-refractivity contribution is 5.81. The first-order valence-electron chi connectivity index (χ1n) is 6.23. The van der Waals surface area contributed by atoms with Crippen molar-refractivity contribution in [3.8, 4) is 0 Å². The van der Waals surface area contributed by atoms with Crippen molar-refractivity contribution in [3.05, 3.63) is 0 Å². The zero-order chi connectivity index (χ0) is 11.2. The van der Waals surface area contributed by atoms with Crippen LogP contribution >= 0.6 is 0 Å². The Morgan fingerprint density at radius 2 is 2.00 bits per heavy atom. The summed E-state index contributed by atoms with van der Waals surface area (Å²) in [6.45, 7) is 1.72. The van der Waals surface area contributed by atoms with Crippen molar-refractivity contribution in [2.24, 2.45) is 11.3 Å². The summed E-state index contributed by atoms with van der Waals surface area (Å²) in [4.78, 5) is 24.1. The van der Waals surface area contributed by atoms with Crippen molar-refractivity contribution < 1.29 is 9.59 Å². The molecular formula is C12H18N2O2. The standard InChI is InChI=1S/C12H18N2O2/c15-8-14-5-3-12(4-6-14)7-10(12)13-11(16)9-1-2-9/h8-10H,1-7H2,(H,13,16)/t10-/m0/s1. The molecule has 1 N–H and O–H groups in total. The molecule has 0 unspecified atom stereocenters.